The van der Waals surface area contributed by atoms with Gasteiger partial charge in [0.15, 0.2) is 8.32 Å². The smallest absolute Gasteiger partial charge is 0.184 e. The molecule has 6 atom stereocenters. The number of hydrogen-bond acceptors (Lipinski definition) is 5. The molecule has 0 aromatic rings. The van der Waals surface area contributed by atoms with Crippen LogP contribution in [-0.2, 0) is 14.1 Å². The Morgan fingerprint density at radius 3 is 2.37 bits per heavy atom. The van der Waals surface area contributed by atoms with E-state index >= 15 is 0 Å². The molecular weight excluding hydrogens is 392 g/mol. The second kappa shape index (κ2) is 7.77. The summed E-state index contributed by atoms with van der Waals surface area (Å²) in [6, 6.07) is 0. The van der Waals surface area contributed by atoms with E-state index in [-0.39, 0.29) is 16.9 Å². The zero-order valence-electron chi connectivity index (χ0n) is 20.0. The Morgan fingerprint density at radius 1 is 0.967 bits per heavy atom. The molecule has 4 aliphatic carbocycles. The lowest BCUT2D eigenvalue weighted by Crippen LogP contribution is -2.58. The lowest BCUT2D eigenvalue weighted by Gasteiger charge is -2.60. The molecule has 3 fully saturated rings. The van der Waals surface area contributed by atoms with Crippen molar-refractivity contribution in [3.05, 3.63) is 11.6 Å². The Kier molecular flexibility index (Phi) is 5.71. The van der Waals surface area contributed by atoms with Gasteiger partial charge >= 0.3 is 0 Å². The van der Waals surface area contributed by atoms with Gasteiger partial charge in [0.25, 0.3) is 0 Å². The van der Waals surface area contributed by atoms with Crippen LogP contribution in [0.25, 0.3) is 0 Å². The molecule has 1 unspecified atom stereocenters. The highest BCUT2D eigenvalue weighted by atomic mass is 28.4. The first kappa shape index (κ1) is 22.1. The Labute approximate surface area is 183 Å². The van der Waals surface area contributed by atoms with Crippen molar-refractivity contribution in [1.82, 2.24) is 0 Å². The van der Waals surface area contributed by atoms with Crippen molar-refractivity contribution in [3.63, 3.8) is 0 Å². The van der Waals surface area contributed by atoms with Gasteiger partial charge in [-0.3, -0.25) is 0 Å². The average Bonchev–Trinajstić information content (AvgIpc) is 3.00. The topological polar surface area (TPSA) is 52.4 Å². The first-order chi connectivity index (χ1) is 14.1. The Balaban J connectivity index is 1.73. The number of oxime groups is 2. The molecule has 0 saturated heterocycles. The van der Waals surface area contributed by atoms with Gasteiger partial charge in [-0.05, 0) is 93.8 Å². The van der Waals surface area contributed by atoms with Crippen LogP contribution in [0.5, 0.6) is 0 Å². The van der Waals surface area contributed by atoms with Crippen LogP contribution in [0.1, 0.15) is 58.8 Å². The highest BCUT2D eigenvalue weighted by Gasteiger charge is 2.62. The van der Waals surface area contributed by atoms with Gasteiger partial charge in [-0.25, -0.2) is 0 Å². The minimum Gasteiger partial charge on any atom is -0.414 e. The monoisotopic (exact) mass is 432 g/mol. The molecule has 168 valence electrons. The molecule has 0 amide bonds. The normalized spacial score (nSPS) is 43.6. The Bertz CT molecular complexity index is 771. The first-order valence-corrected chi connectivity index (χ1v) is 15.1. The van der Waals surface area contributed by atoms with E-state index in [9.17, 15) is 0 Å². The fourth-order valence-corrected chi connectivity index (χ4v) is 8.55. The highest BCUT2D eigenvalue weighted by molar-refractivity contribution is 6.69. The lowest BCUT2D eigenvalue weighted by molar-refractivity contribution is -0.0853. The van der Waals surface area contributed by atoms with Crippen LogP contribution >= 0.6 is 0 Å². The largest absolute Gasteiger partial charge is 0.414 e. The van der Waals surface area contributed by atoms with Gasteiger partial charge in [-0.15, -0.1) is 0 Å². The Hall–Kier alpha value is -1.14. The summed E-state index contributed by atoms with van der Waals surface area (Å²) in [5, 5.41) is 8.80. The van der Waals surface area contributed by atoms with Gasteiger partial charge in [-0.1, -0.05) is 29.7 Å². The minimum absolute atomic E-state index is 0.00632. The second-order valence-corrected chi connectivity index (χ2v) is 15.7. The molecular formula is C24H40N2O3Si. The summed E-state index contributed by atoms with van der Waals surface area (Å²) in [5.41, 5.74) is 4.19. The quantitative estimate of drug-likeness (QED) is 0.418. The molecule has 4 aliphatic rings. The fraction of sp³-hybridized carbons (Fsp3) is 0.833. The molecule has 0 bridgehead atoms. The van der Waals surface area contributed by atoms with E-state index in [1.807, 2.05) is 0 Å². The summed E-state index contributed by atoms with van der Waals surface area (Å²) in [5.74, 6) is 2.05. The number of nitrogens with zero attached hydrogens (tertiary/aromatic N) is 2. The lowest BCUT2D eigenvalue weighted by atomic mass is 9.46. The van der Waals surface area contributed by atoms with Crippen molar-refractivity contribution >= 4 is 19.7 Å². The molecule has 0 aromatic heterocycles. The van der Waals surface area contributed by atoms with Crippen molar-refractivity contribution in [2.75, 3.05) is 14.2 Å². The zero-order chi connectivity index (χ0) is 21.7. The van der Waals surface area contributed by atoms with E-state index in [2.05, 4.69) is 49.9 Å². The van der Waals surface area contributed by atoms with Crippen LogP contribution in [-0.4, -0.2) is 40.1 Å². The van der Waals surface area contributed by atoms with Crippen molar-refractivity contribution < 1.29 is 14.1 Å². The number of rotatable bonds is 4. The molecule has 4 rings (SSSR count). The zero-order valence-corrected chi connectivity index (χ0v) is 21.0. The fourth-order valence-electron chi connectivity index (χ4n) is 7.36. The average molecular weight is 433 g/mol. The standard InChI is InChI=1S/C24H40N2O3Si/c1-23-13-12-17(25-27-3)14-16(23)8-9-18-19-10-11-21(26-28-4)24(19,2)22(15-20(18)23)29-30(5,6)7/h14,18-20,22H,8-13,15H2,1-7H3/b25-17-,26-21+/t18-,19-,20-,22?,23-,24-/m0/s1. The van der Waals surface area contributed by atoms with Gasteiger partial charge in [0, 0.05) is 5.41 Å². The molecule has 3 saturated carbocycles. The molecule has 0 spiro atoms. The van der Waals surface area contributed by atoms with Gasteiger partial charge in [0.1, 0.15) is 14.2 Å². The maximum Gasteiger partial charge on any atom is 0.184 e. The summed E-state index contributed by atoms with van der Waals surface area (Å²) in [6.07, 6.45) is 10.6. The van der Waals surface area contributed by atoms with Crippen molar-refractivity contribution in [2.45, 2.75) is 84.5 Å². The third-order valence-electron chi connectivity index (χ3n) is 8.70. The summed E-state index contributed by atoms with van der Waals surface area (Å²) in [7, 11) is 1.64. The Morgan fingerprint density at radius 2 is 1.70 bits per heavy atom. The van der Waals surface area contributed by atoms with E-state index in [4.69, 9.17) is 14.1 Å². The van der Waals surface area contributed by atoms with Crippen molar-refractivity contribution in [3.8, 4) is 0 Å². The van der Waals surface area contributed by atoms with Crippen molar-refractivity contribution in [1.29, 1.82) is 0 Å². The van der Waals surface area contributed by atoms with E-state index < -0.39 is 8.32 Å². The molecule has 0 N–H and O–H groups in total. The van der Waals surface area contributed by atoms with Crippen LogP contribution in [0, 0.1) is 28.6 Å². The van der Waals surface area contributed by atoms with E-state index in [1.54, 1.807) is 19.8 Å². The van der Waals surface area contributed by atoms with Gasteiger partial charge in [0.2, 0.25) is 0 Å². The number of allylic oxidation sites excluding steroid dienone is 2. The van der Waals surface area contributed by atoms with Crippen molar-refractivity contribution in [2.24, 2.45) is 38.9 Å². The molecule has 0 aromatic carbocycles. The third-order valence-corrected chi connectivity index (χ3v) is 9.69. The molecule has 0 heterocycles. The predicted molar refractivity (Wildman–Crippen MR) is 124 cm³/mol. The van der Waals surface area contributed by atoms with Gasteiger partial charge < -0.3 is 14.1 Å². The van der Waals surface area contributed by atoms with Crippen LogP contribution in [0.3, 0.4) is 0 Å². The molecule has 30 heavy (non-hydrogen) atoms. The molecule has 6 heteroatoms. The maximum absolute atomic E-state index is 6.94. The van der Waals surface area contributed by atoms with E-state index in [0.29, 0.717) is 11.8 Å². The highest BCUT2D eigenvalue weighted by Crippen LogP contribution is 2.65. The van der Waals surface area contributed by atoms with Gasteiger partial charge in [-0.2, -0.15) is 0 Å². The third kappa shape index (κ3) is 3.48. The van der Waals surface area contributed by atoms with Crippen LogP contribution < -0.4 is 0 Å². The van der Waals surface area contributed by atoms with E-state index in [1.165, 1.54) is 31.4 Å². The first-order valence-electron chi connectivity index (χ1n) is 11.7. The van der Waals surface area contributed by atoms with Crippen LogP contribution in [0.4, 0.5) is 0 Å². The number of hydrogen-bond donors (Lipinski definition) is 0. The maximum atomic E-state index is 6.94. The summed E-state index contributed by atoms with van der Waals surface area (Å²) in [4.78, 5) is 10.4. The molecule has 0 radical (unpaired) electrons. The minimum atomic E-state index is -1.70. The van der Waals surface area contributed by atoms with Gasteiger partial charge in [0.05, 0.1) is 17.5 Å². The summed E-state index contributed by atoms with van der Waals surface area (Å²) >= 11 is 0. The molecule has 0 aliphatic heterocycles. The summed E-state index contributed by atoms with van der Waals surface area (Å²) in [6.45, 7) is 11.9. The predicted octanol–water partition coefficient (Wildman–Crippen LogP) is 5.78. The van der Waals surface area contributed by atoms with E-state index in [0.717, 1.165) is 30.9 Å². The number of fused-ring (bicyclic) bond motifs is 5. The second-order valence-electron chi connectivity index (χ2n) is 11.3. The van der Waals surface area contributed by atoms with Crippen LogP contribution in [0.2, 0.25) is 19.6 Å². The van der Waals surface area contributed by atoms with Crippen LogP contribution in [0.15, 0.2) is 22.0 Å². The molecule has 5 nitrogen and oxygen atoms in total. The SMILES string of the molecule is CO/N=C1\C=C2CC[C@@H]3[C@H](CC(O[Si](C)(C)C)[C@]4(C)/C(=N/OC)CC[C@@H]34)[C@@]2(C)CC1. The summed E-state index contributed by atoms with van der Waals surface area (Å²) < 4.78 is 6.94.